The summed E-state index contributed by atoms with van der Waals surface area (Å²) in [5, 5.41) is 3.48. The number of hydrogen-bond donors (Lipinski definition) is 2. The highest BCUT2D eigenvalue weighted by Crippen LogP contribution is 2.23. The van der Waals surface area contributed by atoms with Crippen LogP contribution in [0.15, 0.2) is 42.5 Å². The molecular formula is C13H10Cl2N2O. The van der Waals surface area contributed by atoms with Crippen LogP contribution in [0.25, 0.3) is 0 Å². The molecule has 2 aromatic carbocycles. The molecule has 0 bridgehead atoms. The van der Waals surface area contributed by atoms with Crippen molar-refractivity contribution < 1.29 is 4.79 Å². The van der Waals surface area contributed by atoms with Crippen molar-refractivity contribution >= 4 is 40.5 Å². The molecule has 0 saturated heterocycles. The third kappa shape index (κ3) is 2.75. The largest absolute Gasteiger partial charge is 0.397 e. The Labute approximate surface area is 115 Å². The molecule has 0 aliphatic rings. The molecule has 0 aliphatic heterocycles. The number of carbonyl (C=O) groups is 1. The smallest absolute Gasteiger partial charge is 0.257 e. The Hall–Kier alpha value is -1.71. The molecule has 0 aliphatic carbocycles. The number of nitrogens with one attached hydrogen (secondary N) is 1. The molecule has 0 saturated carbocycles. The lowest BCUT2D eigenvalue weighted by Crippen LogP contribution is -2.13. The highest BCUT2D eigenvalue weighted by Gasteiger charge is 2.12. The van der Waals surface area contributed by atoms with E-state index in [9.17, 15) is 4.79 Å². The molecule has 2 rings (SSSR count). The van der Waals surface area contributed by atoms with Gasteiger partial charge in [-0.2, -0.15) is 0 Å². The Morgan fingerprint density at radius 1 is 1.11 bits per heavy atom. The van der Waals surface area contributed by atoms with Gasteiger partial charge in [-0.15, -0.1) is 0 Å². The molecule has 5 heteroatoms. The lowest BCUT2D eigenvalue weighted by atomic mass is 10.2. The van der Waals surface area contributed by atoms with E-state index in [1.54, 1.807) is 36.4 Å². The van der Waals surface area contributed by atoms with Gasteiger partial charge in [0.1, 0.15) is 0 Å². The van der Waals surface area contributed by atoms with Gasteiger partial charge in [-0.25, -0.2) is 0 Å². The van der Waals surface area contributed by atoms with Crippen LogP contribution in [-0.4, -0.2) is 5.91 Å². The maximum absolute atomic E-state index is 12.0. The zero-order valence-electron chi connectivity index (χ0n) is 9.28. The number of rotatable bonds is 2. The first-order valence-electron chi connectivity index (χ1n) is 5.19. The topological polar surface area (TPSA) is 55.1 Å². The van der Waals surface area contributed by atoms with E-state index >= 15 is 0 Å². The number of halogens is 2. The van der Waals surface area contributed by atoms with Crippen molar-refractivity contribution in [3.05, 3.63) is 58.1 Å². The van der Waals surface area contributed by atoms with Crippen LogP contribution >= 0.6 is 23.2 Å². The average molecular weight is 281 g/mol. The Kier molecular flexibility index (Phi) is 3.75. The minimum Gasteiger partial charge on any atom is -0.397 e. The Morgan fingerprint density at radius 2 is 1.83 bits per heavy atom. The molecule has 18 heavy (non-hydrogen) atoms. The van der Waals surface area contributed by atoms with Crippen molar-refractivity contribution in [1.82, 2.24) is 0 Å². The fourth-order valence-corrected chi connectivity index (χ4v) is 1.85. The number of para-hydroxylation sites is 2. The maximum atomic E-state index is 12.0. The van der Waals surface area contributed by atoms with E-state index in [2.05, 4.69) is 5.32 Å². The van der Waals surface area contributed by atoms with Gasteiger partial charge in [0.15, 0.2) is 0 Å². The standard InChI is InChI=1S/C13H10Cl2N2O/c14-8-5-6-10(15)9(7-8)13(18)17-12-4-2-1-3-11(12)16/h1-7H,16H2,(H,17,18). The fraction of sp³-hybridized carbons (Fsp3) is 0. The highest BCUT2D eigenvalue weighted by atomic mass is 35.5. The lowest BCUT2D eigenvalue weighted by molar-refractivity contribution is 0.102. The lowest BCUT2D eigenvalue weighted by Gasteiger charge is -2.09. The molecule has 0 atom stereocenters. The monoisotopic (exact) mass is 280 g/mol. The van der Waals surface area contributed by atoms with E-state index < -0.39 is 0 Å². The van der Waals surface area contributed by atoms with Crippen LogP contribution in [0.5, 0.6) is 0 Å². The number of hydrogen-bond acceptors (Lipinski definition) is 2. The first kappa shape index (κ1) is 12.7. The van der Waals surface area contributed by atoms with Crippen molar-refractivity contribution in [3.63, 3.8) is 0 Å². The van der Waals surface area contributed by atoms with Gasteiger partial charge in [0.2, 0.25) is 0 Å². The zero-order chi connectivity index (χ0) is 13.1. The minimum absolute atomic E-state index is 0.312. The van der Waals surface area contributed by atoms with Crippen LogP contribution in [0.3, 0.4) is 0 Å². The number of anilines is 2. The van der Waals surface area contributed by atoms with Crippen molar-refractivity contribution in [2.45, 2.75) is 0 Å². The molecule has 1 amide bonds. The van der Waals surface area contributed by atoms with Crippen LogP contribution < -0.4 is 11.1 Å². The predicted molar refractivity (Wildman–Crippen MR) is 75.3 cm³/mol. The first-order chi connectivity index (χ1) is 8.58. The SMILES string of the molecule is Nc1ccccc1NC(=O)c1cc(Cl)ccc1Cl. The van der Waals surface area contributed by atoms with Gasteiger partial charge in [0, 0.05) is 5.02 Å². The van der Waals surface area contributed by atoms with Crippen LogP contribution in [0.2, 0.25) is 10.0 Å². The quantitative estimate of drug-likeness (QED) is 0.822. The Morgan fingerprint density at radius 3 is 2.56 bits per heavy atom. The van der Waals surface area contributed by atoms with Gasteiger partial charge in [-0.3, -0.25) is 4.79 Å². The van der Waals surface area contributed by atoms with Crippen molar-refractivity contribution in [3.8, 4) is 0 Å². The van der Waals surface area contributed by atoms with Gasteiger partial charge >= 0.3 is 0 Å². The van der Waals surface area contributed by atoms with Gasteiger partial charge in [-0.05, 0) is 30.3 Å². The van der Waals surface area contributed by atoms with E-state index in [4.69, 9.17) is 28.9 Å². The van der Waals surface area contributed by atoms with Crippen molar-refractivity contribution in [1.29, 1.82) is 0 Å². The Bertz CT molecular complexity index is 599. The zero-order valence-corrected chi connectivity index (χ0v) is 10.8. The molecule has 0 fully saturated rings. The summed E-state index contributed by atoms with van der Waals surface area (Å²) in [6.45, 7) is 0. The number of benzene rings is 2. The molecule has 0 spiro atoms. The molecule has 2 aromatic rings. The van der Waals surface area contributed by atoms with Crippen molar-refractivity contribution in [2.75, 3.05) is 11.1 Å². The summed E-state index contributed by atoms with van der Waals surface area (Å²) in [7, 11) is 0. The number of nitrogens with two attached hydrogens (primary N) is 1. The van der Waals surface area contributed by atoms with Crippen LogP contribution in [0.4, 0.5) is 11.4 Å². The molecule has 0 heterocycles. The summed E-state index contributed by atoms with van der Waals surface area (Å²) in [6.07, 6.45) is 0. The molecule has 3 N–H and O–H groups in total. The van der Waals surface area contributed by atoms with Gasteiger partial charge in [0.05, 0.1) is 22.0 Å². The number of carbonyl (C=O) groups excluding carboxylic acids is 1. The summed E-state index contributed by atoms with van der Waals surface area (Å²) in [5.74, 6) is -0.347. The van der Waals surface area contributed by atoms with E-state index in [-0.39, 0.29) is 5.91 Å². The third-order valence-corrected chi connectivity index (χ3v) is 2.95. The van der Waals surface area contributed by atoms with Crippen LogP contribution in [0.1, 0.15) is 10.4 Å². The molecular weight excluding hydrogens is 271 g/mol. The highest BCUT2D eigenvalue weighted by molar-refractivity contribution is 6.36. The van der Waals surface area contributed by atoms with Crippen LogP contribution in [-0.2, 0) is 0 Å². The normalized spacial score (nSPS) is 10.1. The molecule has 0 radical (unpaired) electrons. The summed E-state index contributed by atoms with van der Waals surface area (Å²) >= 11 is 11.8. The molecule has 0 unspecified atom stereocenters. The molecule has 92 valence electrons. The second kappa shape index (κ2) is 5.29. The first-order valence-corrected chi connectivity index (χ1v) is 5.94. The average Bonchev–Trinajstić information content (AvgIpc) is 2.35. The summed E-state index contributed by atoms with van der Waals surface area (Å²) < 4.78 is 0. The number of amides is 1. The number of nitrogen functional groups attached to an aromatic ring is 1. The van der Waals surface area contributed by atoms with Crippen molar-refractivity contribution in [2.24, 2.45) is 0 Å². The predicted octanol–water partition coefficient (Wildman–Crippen LogP) is 3.83. The summed E-state index contributed by atoms with van der Waals surface area (Å²) in [5.41, 5.74) is 7.08. The summed E-state index contributed by atoms with van der Waals surface area (Å²) in [6, 6.07) is 11.7. The maximum Gasteiger partial charge on any atom is 0.257 e. The van der Waals surface area contributed by atoms with Gasteiger partial charge in [-0.1, -0.05) is 35.3 Å². The van der Waals surface area contributed by atoms with E-state index in [1.165, 1.54) is 6.07 Å². The third-order valence-electron chi connectivity index (χ3n) is 2.38. The fourth-order valence-electron chi connectivity index (χ4n) is 1.47. The second-order valence-electron chi connectivity index (χ2n) is 3.67. The second-order valence-corrected chi connectivity index (χ2v) is 4.51. The van der Waals surface area contributed by atoms with Gasteiger partial charge < -0.3 is 11.1 Å². The molecule has 0 aromatic heterocycles. The summed E-state index contributed by atoms with van der Waals surface area (Å²) in [4.78, 5) is 12.0. The van der Waals surface area contributed by atoms with Crippen LogP contribution in [0, 0.1) is 0 Å². The van der Waals surface area contributed by atoms with Gasteiger partial charge in [0.25, 0.3) is 5.91 Å². The van der Waals surface area contributed by atoms with E-state index in [1.807, 2.05) is 0 Å². The minimum atomic E-state index is -0.347. The Balaban J connectivity index is 2.28. The molecule has 3 nitrogen and oxygen atoms in total. The van der Waals surface area contributed by atoms with E-state index in [0.29, 0.717) is 27.0 Å². The van der Waals surface area contributed by atoms with E-state index in [0.717, 1.165) is 0 Å².